The molecule has 2 aromatic heterocycles. The summed E-state index contributed by atoms with van der Waals surface area (Å²) in [4.78, 5) is 23.4. The van der Waals surface area contributed by atoms with E-state index in [0.29, 0.717) is 5.69 Å². The van der Waals surface area contributed by atoms with Gasteiger partial charge in [0.25, 0.3) is 5.91 Å². The van der Waals surface area contributed by atoms with Crippen LogP contribution in [0.1, 0.15) is 15.5 Å². The number of carbonyl (C=O) groups excluding carboxylic acids is 1. The topological polar surface area (TPSA) is 70.2 Å². The summed E-state index contributed by atoms with van der Waals surface area (Å²) in [6.07, 6.45) is 7.06. The number of nitrogens with zero attached hydrogens (tertiary/aromatic N) is 3. The van der Waals surface area contributed by atoms with E-state index in [1.165, 1.54) is 11.3 Å². The van der Waals surface area contributed by atoms with Crippen molar-refractivity contribution in [3.63, 3.8) is 0 Å². The summed E-state index contributed by atoms with van der Waals surface area (Å²) >= 11 is 3.11. The molecule has 0 atom stereocenters. The highest BCUT2D eigenvalue weighted by atomic mass is 32.2. The van der Waals surface area contributed by atoms with Gasteiger partial charge in [-0.1, -0.05) is 18.7 Å². The molecular formula is C18H21N5OS2. The number of hydrogen-bond donors (Lipinski definition) is 2. The van der Waals surface area contributed by atoms with E-state index in [1.807, 2.05) is 17.6 Å². The minimum Gasteiger partial charge on any atom is -0.367 e. The number of pyridine rings is 1. The predicted octanol–water partition coefficient (Wildman–Crippen LogP) is 3.13. The Kier molecular flexibility index (Phi) is 6.82. The number of rotatable bonds is 7. The fourth-order valence-corrected chi connectivity index (χ4v) is 4.12. The molecule has 0 saturated carbocycles. The maximum atomic E-state index is 12.6. The van der Waals surface area contributed by atoms with Crippen LogP contribution in [0, 0.1) is 0 Å². The average Bonchev–Trinajstić information content (AvgIpc) is 3.15. The van der Waals surface area contributed by atoms with Crippen molar-refractivity contribution in [2.75, 3.05) is 36.4 Å². The van der Waals surface area contributed by atoms with Gasteiger partial charge in [-0.2, -0.15) is 0 Å². The maximum absolute atomic E-state index is 12.6. The third kappa shape index (κ3) is 4.94. The van der Waals surface area contributed by atoms with Gasteiger partial charge in [0.2, 0.25) is 0 Å². The SMILES string of the molecule is C=C/C=C\SCc1nc(C(=O)Nc2cnccc2N2CCNCC2)cs1. The lowest BCUT2D eigenvalue weighted by Crippen LogP contribution is -2.43. The fourth-order valence-electron chi connectivity index (χ4n) is 2.56. The zero-order valence-corrected chi connectivity index (χ0v) is 16.0. The molecule has 0 aliphatic carbocycles. The molecular weight excluding hydrogens is 366 g/mol. The molecule has 26 heavy (non-hydrogen) atoms. The number of nitrogens with one attached hydrogen (secondary N) is 2. The van der Waals surface area contributed by atoms with E-state index in [9.17, 15) is 4.79 Å². The predicted molar refractivity (Wildman–Crippen MR) is 110 cm³/mol. The van der Waals surface area contributed by atoms with Crippen LogP contribution in [0.4, 0.5) is 11.4 Å². The van der Waals surface area contributed by atoms with Gasteiger partial charge < -0.3 is 15.5 Å². The van der Waals surface area contributed by atoms with Gasteiger partial charge in [0.1, 0.15) is 10.7 Å². The third-order valence-corrected chi connectivity index (χ3v) is 5.63. The first-order valence-corrected chi connectivity index (χ1v) is 10.3. The second-order valence-electron chi connectivity index (χ2n) is 5.59. The summed E-state index contributed by atoms with van der Waals surface area (Å²) in [6.45, 7) is 7.31. The first-order valence-electron chi connectivity index (χ1n) is 8.32. The Morgan fingerprint density at radius 3 is 3.12 bits per heavy atom. The summed E-state index contributed by atoms with van der Waals surface area (Å²) in [5, 5.41) is 11.0. The van der Waals surface area contributed by atoms with Crippen LogP contribution in [0.5, 0.6) is 0 Å². The van der Waals surface area contributed by atoms with Crippen LogP contribution in [0.2, 0.25) is 0 Å². The van der Waals surface area contributed by atoms with Crippen LogP contribution < -0.4 is 15.5 Å². The molecule has 2 N–H and O–H groups in total. The number of allylic oxidation sites excluding steroid dienone is 2. The van der Waals surface area contributed by atoms with Crippen molar-refractivity contribution in [2.24, 2.45) is 0 Å². The monoisotopic (exact) mass is 387 g/mol. The zero-order chi connectivity index (χ0) is 18.2. The molecule has 1 saturated heterocycles. The van der Waals surface area contributed by atoms with Crippen molar-refractivity contribution in [1.29, 1.82) is 0 Å². The quantitative estimate of drug-likeness (QED) is 0.712. The number of thioether (sulfide) groups is 1. The summed E-state index contributed by atoms with van der Waals surface area (Å²) in [5.41, 5.74) is 2.15. The highest BCUT2D eigenvalue weighted by Gasteiger charge is 2.17. The van der Waals surface area contributed by atoms with Crippen LogP contribution >= 0.6 is 23.1 Å². The number of thiazole rings is 1. The smallest absolute Gasteiger partial charge is 0.275 e. The van der Waals surface area contributed by atoms with Crippen LogP contribution in [-0.2, 0) is 5.75 Å². The van der Waals surface area contributed by atoms with E-state index >= 15 is 0 Å². The molecule has 1 fully saturated rings. The Morgan fingerprint density at radius 2 is 2.31 bits per heavy atom. The number of hydrogen-bond acceptors (Lipinski definition) is 7. The Labute approximate surface area is 161 Å². The van der Waals surface area contributed by atoms with Gasteiger partial charge in [-0.05, 0) is 11.5 Å². The molecule has 0 unspecified atom stereocenters. The summed E-state index contributed by atoms with van der Waals surface area (Å²) < 4.78 is 0. The largest absolute Gasteiger partial charge is 0.367 e. The van der Waals surface area contributed by atoms with Crippen molar-refractivity contribution in [3.05, 3.63) is 58.7 Å². The van der Waals surface area contributed by atoms with E-state index in [0.717, 1.165) is 48.3 Å². The van der Waals surface area contributed by atoms with E-state index in [1.54, 1.807) is 35.6 Å². The molecule has 3 rings (SSSR count). The molecule has 136 valence electrons. The molecule has 0 bridgehead atoms. The van der Waals surface area contributed by atoms with E-state index in [-0.39, 0.29) is 5.91 Å². The molecule has 1 amide bonds. The zero-order valence-electron chi connectivity index (χ0n) is 14.4. The number of amides is 1. The minimum absolute atomic E-state index is 0.205. The maximum Gasteiger partial charge on any atom is 0.275 e. The Bertz CT molecular complexity index is 783. The van der Waals surface area contributed by atoms with Crippen molar-refractivity contribution in [3.8, 4) is 0 Å². The highest BCUT2D eigenvalue weighted by Crippen LogP contribution is 2.26. The average molecular weight is 388 g/mol. The molecule has 0 spiro atoms. The molecule has 8 heteroatoms. The van der Waals surface area contributed by atoms with Crippen LogP contribution in [0.25, 0.3) is 0 Å². The summed E-state index contributed by atoms with van der Waals surface area (Å²) in [6, 6.07) is 1.94. The molecule has 2 aromatic rings. The van der Waals surface area contributed by atoms with Crippen molar-refractivity contribution < 1.29 is 4.79 Å². The summed E-state index contributed by atoms with van der Waals surface area (Å²) in [7, 11) is 0. The molecule has 1 aliphatic heterocycles. The van der Waals surface area contributed by atoms with Crippen LogP contribution in [0.15, 0.2) is 48.0 Å². The summed E-state index contributed by atoms with van der Waals surface area (Å²) in [5.74, 6) is 0.532. The number of piperazine rings is 1. The second-order valence-corrected chi connectivity index (χ2v) is 7.42. The van der Waals surface area contributed by atoms with Gasteiger partial charge in [0, 0.05) is 43.5 Å². The van der Waals surface area contributed by atoms with Gasteiger partial charge in [-0.15, -0.1) is 23.1 Å². The molecule has 0 aromatic carbocycles. The first-order chi connectivity index (χ1) is 12.8. The normalized spacial score (nSPS) is 14.5. The van der Waals surface area contributed by atoms with Crippen molar-refractivity contribution in [2.45, 2.75) is 5.75 Å². The number of anilines is 2. The van der Waals surface area contributed by atoms with Crippen LogP contribution in [0.3, 0.4) is 0 Å². The van der Waals surface area contributed by atoms with Gasteiger partial charge in [0.05, 0.1) is 17.6 Å². The van der Waals surface area contributed by atoms with E-state index in [4.69, 9.17) is 0 Å². The van der Waals surface area contributed by atoms with Gasteiger partial charge in [-0.3, -0.25) is 9.78 Å². The molecule has 1 aliphatic rings. The second kappa shape index (κ2) is 9.51. The third-order valence-electron chi connectivity index (χ3n) is 3.81. The number of carbonyl (C=O) groups is 1. The first kappa shape index (κ1) is 18.6. The Hall–Kier alpha value is -2.16. The van der Waals surface area contributed by atoms with Gasteiger partial charge >= 0.3 is 0 Å². The highest BCUT2D eigenvalue weighted by molar-refractivity contribution is 8.01. The van der Waals surface area contributed by atoms with Gasteiger partial charge in [-0.25, -0.2) is 4.98 Å². The van der Waals surface area contributed by atoms with Crippen molar-refractivity contribution in [1.82, 2.24) is 15.3 Å². The Balaban J connectivity index is 1.66. The lowest BCUT2D eigenvalue weighted by atomic mass is 10.2. The van der Waals surface area contributed by atoms with Gasteiger partial charge in [0.15, 0.2) is 0 Å². The Morgan fingerprint density at radius 1 is 1.46 bits per heavy atom. The number of aromatic nitrogens is 2. The van der Waals surface area contributed by atoms with E-state index in [2.05, 4.69) is 32.1 Å². The van der Waals surface area contributed by atoms with Crippen molar-refractivity contribution >= 4 is 40.4 Å². The molecule has 3 heterocycles. The molecule has 6 nitrogen and oxygen atoms in total. The molecule has 0 radical (unpaired) electrons. The minimum atomic E-state index is -0.205. The van der Waals surface area contributed by atoms with Crippen LogP contribution in [-0.4, -0.2) is 42.1 Å². The lowest BCUT2D eigenvalue weighted by Gasteiger charge is -2.30. The van der Waals surface area contributed by atoms with E-state index < -0.39 is 0 Å². The fraction of sp³-hybridized carbons (Fsp3) is 0.278. The lowest BCUT2D eigenvalue weighted by molar-refractivity contribution is 0.102. The standard InChI is InChI=1S/C18H21N5OS2/c1-2-3-10-25-13-17-21-15(12-26-17)18(24)22-14-11-20-5-4-16(14)23-8-6-19-7-9-23/h2-5,10-12,19H,1,6-9,13H2,(H,22,24)/b10-3-.